The molecule has 120 valence electrons. The lowest BCUT2D eigenvalue weighted by molar-refractivity contribution is 0.103. The minimum absolute atomic E-state index is 0.0333. The Morgan fingerprint density at radius 3 is 2.43 bits per heavy atom. The molecule has 0 atom stereocenters. The second-order valence-corrected chi connectivity index (χ2v) is 6.81. The van der Waals surface area contributed by atoms with Crippen molar-refractivity contribution in [2.24, 2.45) is 5.14 Å². The standard InChI is InChI=1S/C15H12ClNO5S/c1-8-4-10(5-11(7-18)14(8)19)15(20)9-2-3-12(16)13(6-9)23(17,21)22/h2-7,19H,1H3,(H2,17,21,22). The highest BCUT2D eigenvalue weighted by Crippen LogP contribution is 2.26. The summed E-state index contributed by atoms with van der Waals surface area (Å²) in [7, 11) is -4.08. The molecule has 0 bridgehead atoms. The molecule has 2 rings (SSSR count). The van der Waals surface area contributed by atoms with Gasteiger partial charge < -0.3 is 5.11 Å². The van der Waals surface area contributed by atoms with Gasteiger partial charge in [0.25, 0.3) is 0 Å². The topological polar surface area (TPSA) is 115 Å². The zero-order valence-electron chi connectivity index (χ0n) is 11.9. The van der Waals surface area contributed by atoms with Gasteiger partial charge in [0.05, 0.1) is 10.6 Å². The fraction of sp³-hybridized carbons (Fsp3) is 0.0667. The van der Waals surface area contributed by atoms with Crippen molar-refractivity contribution in [3.05, 3.63) is 57.6 Å². The number of rotatable bonds is 4. The molecule has 0 amide bonds. The quantitative estimate of drug-likeness (QED) is 0.644. The molecule has 0 aliphatic carbocycles. The van der Waals surface area contributed by atoms with Crippen LogP contribution in [0.4, 0.5) is 0 Å². The van der Waals surface area contributed by atoms with E-state index in [1.54, 1.807) is 0 Å². The van der Waals surface area contributed by atoms with Gasteiger partial charge in [0.1, 0.15) is 10.6 Å². The van der Waals surface area contributed by atoms with Gasteiger partial charge in [-0.1, -0.05) is 11.6 Å². The van der Waals surface area contributed by atoms with Crippen molar-refractivity contribution in [2.75, 3.05) is 0 Å². The average molecular weight is 354 g/mol. The smallest absolute Gasteiger partial charge is 0.239 e. The Labute approximate surface area is 137 Å². The first-order chi connectivity index (χ1) is 10.6. The maximum atomic E-state index is 12.5. The van der Waals surface area contributed by atoms with Crippen LogP contribution in [0.2, 0.25) is 5.02 Å². The number of aryl methyl sites for hydroxylation is 1. The van der Waals surface area contributed by atoms with Crippen LogP contribution in [0.25, 0.3) is 0 Å². The number of carbonyl (C=O) groups is 2. The molecule has 2 aromatic carbocycles. The number of phenolic OH excluding ortho intramolecular Hbond substituents is 1. The molecule has 6 nitrogen and oxygen atoms in total. The third kappa shape index (κ3) is 3.42. The Bertz CT molecular complexity index is 922. The number of halogens is 1. The molecule has 8 heteroatoms. The molecule has 0 unspecified atom stereocenters. The van der Waals surface area contributed by atoms with E-state index in [9.17, 15) is 23.1 Å². The Morgan fingerprint density at radius 2 is 1.87 bits per heavy atom. The van der Waals surface area contributed by atoms with E-state index in [4.69, 9.17) is 16.7 Å². The lowest BCUT2D eigenvalue weighted by Crippen LogP contribution is -2.14. The second kappa shape index (κ2) is 6.11. The van der Waals surface area contributed by atoms with Gasteiger partial charge in [-0.3, -0.25) is 9.59 Å². The van der Waals surface area contributed by atoms with Crippen LogP contribution < -0.4 is 5.14 Å². The number of aromatic hydroxyl groups is 1. The van der Waals surface area contributed by atoms with Gasteiger partial charge in [0, 0.05) is 11.1 Å². The van der Waals surface area contributed by atoms with Crippen LogP contribution in [0, 0.1) is 6.92 Å². The fourth-order valence-electron chi connectivity index (χ4n) is 2.06. The summed E-state index contributed by atoms with van der Waals surface area (Å²) in [4.78, 5) is 23.1. The van der Waals surface area contributed by atoms with Crippen LogP contribution in [0.15, 0.2) is 35.2 Å². The lowest BCUT2D eigenvalue weighted by atomic mass is 9.98. The van der Waals surface area contributed by atoms with Gasteiger partial charge in [-0.15, -0.1) is 0 Å². The van der Waals surface area contributed by atoms with Crippen molar-refractivity contribution < 1.29 is 23.1 Å². The Hall–Kier alpha value is -2.22. The minimum atomic E-state index is -4.08. The molecule has 0 fully saturated rings. The first-order valence-corrected chi connectivity index (χ1v) is 8.23. The highest BCUT2D eigenvalue weighted by atomic mass is 35.5. The largest absolute Gasteiger partial charge is 0.507 e. The number of hydrogen-bond acceptors (Lipinski definition) is 5. The summed E-state index contributed by atoms with van der Waals surface area (Å²) in [5, 5.41) is 14.7. The number of hydrogen-bond donors (Lipinski definition) is 2. The molecule has 3 N–H and O–H groups in total. The zero-order chi connectivity index (χ0) is 17.4. The van der Waals surface area contributed by atoms with E-state index in [1.165, 1.54) is 31.2 Å². The van der Waals surface area contributed by atoms with Crippen molar-refractivity contribution in [2.45, 2.75) is 11.8 Å². The number of carbonyl (C=O) groups excluding carboxylic acids is 2. The number of primary sulfonamides is 1. The van der Waals surface area contributed by atoms with E-state index in [1.807, 2.05) is 0 Å². The van der Waals surface area contributed by atoms with Gasteiger partial charge in [0.2, 0.25) is 10.0 Å². The maximum absolute atomic E-state index is 12.5. The third-order valence-electron chi connectivity index (χ3n) is 3.22. The van der Waals surface area contributed by atoms with E-state index in [2.05, 4.69) is 0 Å². The molecule has 2 aromatic rings. The normalized spacial score (nSPS) is 11.3. The molecule has 0 aliphatic rings. The van der Waals surface area contributed by atoms with Crippen LogP contribution in [-0.2, 0) is 10.0 Å². The number of sulfonamides is 1. The van der Waals surface area contributed by atoms with Crippen LogP contribution in [0.1, 0.15) is 31.8 Å². The monoisotopic (exact) mass is 353 g/mol. The molecule has 0 heterocycles. The molecule has 0 saturated carbocycles. The third-order valence-corrected chi connectivity index (χ3v) is 4.61. The zero-order valence-corrected chi connectivity index (χ0v) is 13.5. The summed E-state index contributed by atoms with van der Waals surface area (Å²) in [6.07, 6.45) is 0.427. The molecule has 0 aromatic heterocycles. The first kappa shape index (κ1) is 17.1. The Kier molecular flexibility index (Phi) is 4.56. The van der Waals surface area contributed by atoms with Crippen molar-refractivity contribution in [3.63, 3.8) is 0 Å². The SMILES string of the molecule is Cc1cc(C(=O)c2ccc(Cl)c(S(N)(=O)=O)c2)cc(C=O)c1O. The predicted octanol–water partition coefficient (Wildman–Crippen LogP) is 2.04. The lowest BCUT2D eigenvalue weighted by Gasteiger charge is -2.08. The van der Waals surface area contributed by atoms with Crippen molar-refractivity contribution in [1.29, 1.82) is 0 Å². The summed E-state index contributed by atoms with van der Waals surface area (Å²) >= 11 is 5.78. The molecule has 0 aliphatic heterocycles. The van der Waals surface area contributed by atoms with Crippen LogP contribution in [0.3, 0.4) is 0 Å². The number of ketones is 1. The summed E-state index contributed by atoms with van der Waals surface area (Å²) in [5.41, 5.74) is 0.484. The van der Waals surface area contributed by atoms with Gasteiger partial charge in [-0.25, -0.2) is 13.6 Å². The molecular formula is C15H12ClNO5S. The van der Waals surface area contributed by atoms with Crippen molar-refractivity contribution >= 4 is 33.7 Å². The molecule has 0 radical (unpaired) electrons. The highest BCUT2D eigenvalue weighted by molar-refractivity contribution is 7.89. The Balaban J connectivity index is 2.58. The van der Waals surface area contributed by atoms with Gasteiger partial charge >= 0.3 is 0 Å². The van der Waals surface area contributed by atoms with Gasteiger partial charge in [0.15, 0.2) is 12.1 Å². The number of aldehydes is 1. The van der Waals surface area contributed by atoms with E-state index in [0.29, 0.717) is 11.8 Å². The van der Waals surface area contributed by atoms with Crippen LogP contribution in [0.5, 0.6) is 5.75 Å². The van der Waals surface area contributed by atoms with Crippen LogP contribution in [-0.4, -0.2) is 25.6 Å². The minimum Gasteiger partial charge on any atom is -0.507 e. The fourth-order valence-corrected chi connectivity index (χ4v) is 3.13. The summed E-state index contributed by atoms with van der Waals surface area (Å²) < 4.78 is 22.9. The molecule has 0 spiro atoms. The van der Waals surface area contributed by atoms with Crippen LogP contribution >= 0.6 is 11.6 Å². The summed E-state index contributed by atoms with van der Waals surface area (Å²) in [6.45, 7) is 1.54. The molecule has 23 heavy (non-hydrogen) atoms. The maximum Gasteiger partial charge on any atom is 0.239 e. The van der Waals surface area contributed by atoms with Crippen molar-refractivity contribution in [3.8, 4) is 5.75 Å². The van der Waals surface area contributed by atoms with Crippen molar-refractivity contribution in [1.82, 2.24) is 0 Å². The summed E-state index contributed by atoms with van der Waals surface area (Å²) in [5.74, 6) is -0.740. The van der Waals surface area contributed by atoms with E-state index < -0.39 is 15.8 Å². The first-order valence-electron chi connectivity index (χ1n) is 6.31. The molecule has 0 saturated heterocycles. The Morgan fingerprint density at radius 1 is 1.22 bits per heavy atom. The number of benzene rings is 2. The van der Waals surface area contributed by atoms with Gasteiger partial charge in [-0.05, 0) is 42.8 Å². The number of phenols is 1. The average Bonchev–Trinajstić information content (AvgIpc) is 2.48. The van der Waals surface area contributed by atoms with E-state index in [-0.39, 0.29) is 32.4 Å². The number of nitrogens with two attached hydrogens (primary N) is 1. The second-order valence-electron chi connectivity index (χ2n) is 4.87. The summed E-state index contributed by atoms with van der Waals surface area (Å²) in [6, 6.07) is 6.30. The van der Waals surface area contributed by atoms with E-state index >= 15 is 0 Å². The van der Waals surface area contributed by atoms with E-state index in [0.717, 1.165) is 6.07 Å². The molecular weight excluding hydrogens is 342 g/mol. The predicted molar refractivity (Wildman–Crippen MR) is 84.5 cm³/mol. The van der Waals surface area contributed by atoms with Gasteiger partial charge in [-0.2, -0.15) is 0 Å². The highest BCUT2D eigenvalue weighted by Gasteiger charge is 2.18.